The molecular weight excluding hydrogens is 339 g/mol. The summed E-state index contributed by atoms with van der Waals surface area (Å²) in [6, 6.07) is 6.58. The predicted octanol–water partition coefficient (Wildman–Crippen LogP) is 1.73. The number of hydrogen-bond donors (Lipinski definition) is 0. The fraction of sp³-hybridized carbons (Fsp3) is 0.273. The molecular formula is C11H8BrFN2O3S. The number of hydrogen-bond acceptors (Lipinski definition) is 4. The Labute approximate surface area is 118 Å². The van der Waals surface area contributed by atoms with Crippen molar-refractivity contribution >= 4 is 37.7 Å². The van der Waals surface area contributed by atoms with Crippen LogP contribution in [0.5, 0.6) is 0 Å². The van der Waals surface area contributed by atoms with Crippen LogP contribution in [0.1, 0.15) is 12.0 Å². The van der Waals surface area contributed by atoms with Crippen LogP contribution < -0.4 is 4.90 Å². The van der Waals surface area contributed by atoms with Gasteiger partial charge in [0.15, 0.2) is 0 Å². The van der Waals surface area contributed by atoms with Gasteiger partial charge in [-0.05, 0) is 18.2 Å². The fourth-order valence-electron chi connectivity index (χ4n) is 1.92. The molecule has 1 amide bonds. The molecule has 5 nitrogen and oxygen atoms in total. The zero-order valence-corrected chi connectivity index (χ0v) is 11.9. The third-order valence-electron chi connectivity index (χ3n) is 2.86. The lowest BCUT2D eigenvalue weighted by Crippen LogP contribution is -2.27. The van der Waals surface area contributed by atoms with Crippen LogP contribution in [0.2, 0.25) is 0 Å². The first-order valence-electron chi connectivity index (χ1n) is 5.26. The highest BCUT2D eigenvalue weighted by atomic mass is 79.9. The number of carbonyl (C=O) groups excluding carboxylic acids is 1. The normalized spacial score (nSPS) is 19.5. The maximum absolute atomic E-state index is 12.9. The zero-order valence-electron chi connectivity index (χ0n) is 9.51. The Morgan fingerprint density at radius 1 is 1.47 bits per heavy atom. The molecule has 1 aromatic rings. The van der Waals surface area contributed by atoms with E-state index in [4.69, 9.17) is 5.26 Å². The molecule has 0 spiro atoms. The zero-order chi connectivity index (χ0) is 14.2. The lowest BCUT2D eigenvalue weighted by Gasteiger charge is -2.17. The molecule has 1 saturated heterocycles. The van der Waals surface area contributed by atoms with E-state index in [1.165, 1.54) is 12.1 Å². The molecule has 100 valence electrons. The smallest absolute Gasteiger partial charge is 0.307 e. The van der Waals surface area contributed by atoms with Gasteiger partial charge in [0.25, 0.3) is 0 Å². The van der Waals surface area contributed by atoms with Crippen molar-refractivity contribution in [2.75, 3.05) is 11.4 Å². The first-order valence-corrected chi connectivity index (χ1v) is 7.50. The van der Waals surface area contributed by atoms with E-state index >= 15 is 0 Å². The Morgan fingerprint density at radius 2 is 2.16 bits per heavy atom. The average Bonchev–Trinajstić information content (AvgIpc) is 2.71. The summed E-state index contributed by atoms with van der Waals surface area (Å²) < 4.78 is 35.3. The van der Waals surface area contributed by atoms with E-state index in [0.29, 0.717) is 4.47 Å². The van der Waals surface area contributed by atoms with Gasteiger partial charge in [-0.15, -0.1) is 3.89 Å². The fourth-order valence-corrected chi connectivity index (χ4v) is 2.94. The van der Waals surface area contributed by atoms with Crippen molar-refractivity contribution in [3.05, 3.63) is 28.2 Å². The molecule has 1 unspecified atom stereocenters. The van der Waals surface area contributed by atoms with Crippen molar-refractivity contribution in [3.8, 4) is 6.07 Å². The summed E-state index contributed by atoms with van der Waals surface area (Å²) in [6.45, 7) is -0.275. The predicted molar refractivity (Wildman–Crippen MR) is 69.6 cm³/mol. The number of anilines is 1. The molecule has 1 aliphatic rings. The SMILES string of the molecule is N#Cc1ccc(Br)cc1N1CC(S(=O)(=O)F)CC1=O. The van der Waals surface area contributed by atoms with E-state index in [9.17, 15) is 17.1 Å². The van der Waals surface area contributed by atoms with Gasteiger partial charge in [-0.3, -0.25) is 4.79 Å². The largest absolute Gasteiger partial charge is 0.310 e. The van der Waals surface area contributed by atoms with Gasteiger partial charge in [0, 0.05) is 17.4 Å². The van der Waals surface area contributed by atoms with Crippen LogP contribution in [-0.4, -0.2) is 26.1 Å². The molecule has 1 aliphatic heterocycles. The van der Waals surface area contributed by atoms with Gasteiger partial charge in [-0.25, -0.2) is 0 Å². The molecule has 8 heteroatoms. The molecule has 0 aliphatic carbocycles. The van der Waals surface area contributed by atoms with Crippen LogP contribution >= 0.6 is 15.9 Å². The average molecular weight is 347 g/mol. The van der Waals surface area contributed by atoms with Crippen LogP contribution in [0.15, 0.2) is 22.7 Å². The number of rotatable bonds is 2. The Morgan fingerprint density at radius 3 is 2.68 bits per heavy atom. The molecule has 0 bridgehead atoms. The molecule has 1 fully saturated rings. The lowest BCUT2D eigenvalue weighted by atomic mass is 10.2. The van der Waals surface area contributed by atoms with E-state index in [1.54, 1.807) is 6.07 Å². The van der Waals surface area contributed by atoms with Crippen molar-refractivity contribution in [2.24, 2.45) is 0 Å². The Bertz CT molecular complexity index is 684. The number of nitrogens with zero attached hydrogens (tertiary/aromatic N) is 2. The van der Waals surface area contributed by atoms with E-state index in [-0.39, 0.29) is 17.8 Å². The molecule has 2 rings (SSSR count). The highest BCUT2D eigenvalue weighted by molar-refractivity contribution is 9.10. The van der Waals surface area contributed by atoms with Gasteiger partial charge in [-0.1, -0.05) is 15.9 Å². The Balaban J connectivity index is 2.42. The van der Waals surface area contributed by atoms with Crippen LogP contribution in [0.4, 0.5) is 9.57 Å². The summed E-state index contributed by atoms with van der Waals surface area (Å²) in [4.78, 5) is 12.9. The molecule has 19 heavy (non-hydrogen) atoms. The van der Waals surface area contributed by atoms with E-state index in [1.807, 2.05) is 6.07 Å². The van der Waals surface area contributed by atoms with E-state index in [0.717, 1.165) is 4.90 Å². The van der Waals surface area contributed by atoms with Crippen LogP contribution in [0.3, 0.4) is 0 Å². The van der Waals surface area contributed by atoms with Crippen molar-refractivity contribution in [3.63, 3.8) is 0 Å². The van der Waals surface area contributed by atoms with Gasteiger partial charge in [0.2, 0.25) is 5.91 Å². The molecule has 0 aromatic heterocycles. The van der Waals surface area contributed by atoms with Crippen LogP contribution in [0.25, 0.3) is 0 Å². The minimum Gasteiger partial charge on any atom is -0.310 e. The second kappa shape index (κ2) is 4.90. The molecule has 0 radical (unpaired) electrons. The molecule has 1 atom stereocenters. The standard InChI is InChI=1S/C11H8BrFN2O3S/c12-8-2-1-7(5-14)10(3-8)15-6-9(4-11(15)16)19(13,17)18/h1-3,9H,4,6H2. The third kappa shape index (κ3) is 2.77. The highest BCUT2D eigenvalue weighted by Crippen LogP contribution is 2.30. The van der Waals surface area contributed by atoms with Crippen molar-refractivity contribution in [1.82, 2.24) is 0 Å². The first-order chi connectivity index (χ1) is 8.82. The number of benzene rings is 1. The van der Waals surface area contributed by atoms with Crippen LogP contribution in [0, 0.1) is 11.3 Å². The summed E-state index contributed by atoms with van der Waals surface area (Å²) >= 11 is 3.21. The van der Waals surface area contributed by atoms with Crippen molar-refractivity contribution in [2.45, 2.75) is 11.7 Å². The van der Waals surface area contributed by atoms with Crippen molar-refractivity contribution < 1.29 is 17.1 Å². The Kier molecular flexibility index (Phi) is 3.60. The summed E-state index contributed by atoms with van der Waals surface area (Å²) in [7, 11) is -4.76. The van der Waals surface area contributed by atoms with Gasteiger partial charge in [0.05, 0.1) is 11.3 Å². The highest BCUT2D eigenvalue weighted by Gasteiger charge is 2.39. The lowest BCUT2D eigenvalue weighted by molar-refractivity contribution is -0.117. The molecule has 1 heterocycles. The maximum Gasteiger partial charge on any atom is 0.307 e. The van der Waals surface area contributed by atoms with Gasteiger partial charge in [-0.2, -0.15) is 13.7 Å². The minimum absolute atomic E-state index is 0.230. The number of carbonyl (C=O) groups is 1. The van der Waals surface area contributed by atoms with E-state index in [2.05, 4.69) is 15.9 Å². The van der Waals surface area contributed by atoms with Gasteiger partial charge < -0.3 is 4.90 Å². The van der Waals surface area contributed by atoms with Gasteiger partial charge >= 0.3 is 10.2 Å². The first kappa shape index (κ1) is 14.0. The summed E-state index contributed by atoms with van der Waals surface area (Å²) in [5.74, 6) is -0.513. The van der Waals surface area contributed by atoms with Gasteiger partial charge in [0.1, 0.15) is 11.3 Å². The van der Waals surface area contributed by atoms with Crippen molar-refractivity contribution in [1.29, 1.82) is 5.26 Å². The topological polar surface area (TPSA) is 78.2 Å². The second-order valence-electron chi connectivity index (χ2n) is 4.08. The second-order valence-corrected chi connectivity index (χ2v) is 6.61. The monoisotopic (exact) mass is 346 g/mol. The minimum atomic E-state index is -4.76. The summed E-state index contributed by atoms with van der Waals surface area (Å²) in [6.07, 6.45) is -0.407. The molecule has 1 aromatic carbocycles. The molecule has 0 N–H and O–H groups in total. The number of halogens is 2. The maximum atomic E-state index is 12.9. The summed E-state index contributed by atoms with van der Waals surface area (Å²) in [5.41, 5.74) is 0.515. The van der Waals surface area contributed by atoms with Crippen LogP contribution in [-0.2, 0) is 15.0 Å². The molecule has 0 saturated carbocycles. The Hall–Kier alpha value is -1.46. The number of amides is 1. The quantitative estimate of drug-likeness (QED) is 0.764. The van der Waals surface area contributed by atoms with E-state index < -0.39 is 27.8 Å². The third-order valence-corrected chi connectivity index (χ3v) is 4.46. The number of nitriles is 1. The summed E-state index contributed by atoms with van der Waals surface area (Å²) in [5, 5.41) is 7.62.